The Kier molecular flexibility index (Phi) is 4.94. The van der Waals surface area contributed by atoms with E-state index in [-0.39, 0.29) is 0 Å². The molecule has 0 aliphatic rings. The standard InChI is InChI=1S/C21H23NO/c1-22(2)15-7-9-17-8-5-12-19(16-17)23-21-14-6-11-18-10-3-4-13-20(18)21/h3-6,8,10-14,16H,7,9,15H2,1-2H3. The van der Waals surface area contributed by atoms with Crippen molar-refractivity contribution in [3.8, 4) is 11.5 Å². The first-order chi connectivity index (χ1) is 11.2. The number of fused-ring (bicyclic) bond motifs is 1. The lowest BCUT2D eigenvalue weighted by molar-refractivity contribution is 0.400. The molecule has 0 atom stereocenters. The van der Waals surface area contributed by atoms with Gasteiger partial charge in [0.15, 0.2) is 0 Å². The van der Waals surface area contributed by atoms with Crippen molar-refractivity contribution < 1.29 is 4.74 Å². The Morgan fingerprint density at radius 3 is 2.52 bits per heavy atom. The number of aryl methyl sites for hydroxylation is 1. The number of ether oxygens (including phenoxy) is 1. The fraction of sp³-hybridized carbons (Fsp3) is 0.238. The van der Waals surface area contributed by atoms with E-state index in [2.05, 4.69) is 61.5 Å². The summed E-state index contributed by atoms with van der Waals surface area (Å²) in [6.45, 7) is 1.11. The van der Waals surface area contributed by atoms with Crippen molar-refractivity contribution in [2.24, 2.45) is 0 Å². The second-order valence-corrected chi connectivity index (χ2v) is 6.13. The fourth-order valence-corrected chi connectivity index (χ4v) is 2.78. The van der Waals surface area contributed by atoms with Crippen LogP contribution in [0.1, 0.15) is 12.0 Å². The zero-order valence-electron chi connectivity index (χ0n) is 13.8. The second-order valence-electron chi connectivity index (χ2n) is 6.13. The van der Waals surface area contributed by atoms with Gasteiger partial charge in [0.25, 0.3) is 0 Å². The Bertz CT molecular complexity index is 774. The molecular weight excluding hydrogens is 282 g/mol. The molecule has 0 N–H and O–H groups in total. The Morgan fingerprint density at radius 1 is 0.870 bits per heavy atom. The quantitative estimate of drug-likeness (QED) is 0.626. The maximum Gasteiger partial charge on any atom is 0.135 e. The second kappa shape index (κ2) is 7.30. The van der Waals surface area contributed by atoms with Gasteiger partial charge < -0.3 is 9.64 Å². The summed E-state index contributed by atoms with van der Waals surface area (Å²) in [5.41, 5.74) is 1.32. The van der Waals surface area contributed by atoms with Crippen LogP contribution in [0.3, 0.4) is 0 Å². The molecule has 2 heteroatoms. The molecule has 0 unspecified atom stereocenters. The number of rotatable bonds is 6. The summed E-state index contributed by atoms with van der Waals surface area (Å²) < 4.78 is 6.15. The van der Waals surface area contributed by atoms with Crippen LogP contribution >= 0.6 is 0 Å². The summed E-state index contributed by atoms with van der Waals surface area (Å²) in [6.07, 6.45) is 2.23. The lowest BCUT2D eigenvalue weighted by Gasteiger charge is -2.11. The summed E-state index contributed by atoms with van der Waals surface area (Å²) in [7, 11) is 4.22. The van der Waals surface area contributed by atoms with Crippen molar-refractivity contribution in [1.29, 1.82) is 0 Å². The zero-order chi connectivity index (χ0) is 16.1. The van der Waals surface area contributed by atoms with Gasteiger partial charge in [-0.15, -0.1) is 0 Å². The Morgan fingerprint density at radius 2 is 1.65 bits per heavy atom. The molecule has 0 aromatic heterocycles. The normalized spacial score (nSPS) is 11.1. The van der Waals surface area contributed by atoms with Gasteiger partial charge in [0, 0.05) is 5.39 Å². The first kappa shape index (κ1) is 15.6. The smallest absolute Gasteiger partial charge is 0.135 e. The topological polar surface area (TPSA) is 12.5 Å². The number of benzene rings is 3. The van der Waals surface area contributed by atoms with Crippen molar-refractivity contribution in [3.05, 3.63) is 72.3 Å². The minimum Gasteiger partial charge on any atom is -0.457 e. The van der Waals surface area contributed by atoms with Crippen LogP contribution in [0, 0.1) is 0 Å². The van der Waals surface area contributed by atoms with E-state index < -0.39 is 0 Å². The third-order valence-electron chi connectivity index (χ3n) is 3.95. The maximum atomic E-state index is 6.15. The summed E-state index contributed by atoms with van der Waals surface area (Å²) in [6, 6.07) is 22.9. The summed E-state index contributed by atoms with van der Waals surface area (Å²) in [4.78, 5) is 2.22. The molecule has 0 aliphatic carbocycles. The third-order valence-corrected chi connectivity index (χ3v) is 3.95. The van der Waals surface area contributed by atoms with E-state index in [4.69, 9.17) is 4.74 Å². The molecule has 118 valence electrons. The number of nitrogens with zero attached hydrogens (tertiary/aromatic N) is 1. The number of hydrogen-bond acceptors (Lipinski definition) is 2. The fourth-order valence-electron chi connectivity index (χ4n) is 2.78. The van der Waals surface area contributed by atoms with E-state index >= 15 is 0 Å². The highest BCUT2D eigenvalue weighted by molar-refractivity contribution is 5.88. The maximum absolute atomic E-state index is 6.15. The van der Waals surface area contributed by atoms with Crippen molar-refractivity contribution in [2.75, 3.05) is 20.6 Å². The van der Waals surface area contributed by atoms with Crippen LogP contribution in [0.4, 0.5) is 0 Å². The van der Waals surface area contributed by atoms with E-state index in [0.717, 1.165) is 36.3 Å². The molecule has 0 amide bonds. The molecule has 0 spiro atoms. The van der Waals surface area contributed by atoms with Gasteiger partial charge in [-0.2, -0.15) is 0 Å². The molecule has 3 aromatic rings. The third kappa shape index (κ3) is 4.11. The highest BCUT2D eigenvalue weighted by Crippen LogP contribution is 2.30. The van der Waals surface area contributed by atoms with Crippen LogP contribution in [-0.4, -0.2) is 25.5 Å². The van der Waals surface area contributed by atoms with Gasteiger partial charge in [-0.1, -0.05) is 48.5 Å². The first-order valence-electron chi connectivity index (χ1n) is 8.12. The molecule has 2 nitrogen and oxygen atoms in total. The Balaban J connectivity index is 1.77. The SMILES string of the molecule is CN(C)CCCc1cccc(Oc2cccc3ccccc23)c1. The van der Waals surface area contributed by atoms with E-state index in [9.17, 15) is 0 Å². The van der Waals surface area contributed by atoms with Crippen LogP contribution in [-0.2, 0) is 6.42 Å². The molecule has 0 radical (unpaired) electrons. The Hall–Kier alpha value is -2.32. The lowest BCUT2D eigenvalue weighted by atomic mass is 10.1. The van der Waals surface area contributed by atoms with Crippen molar-refractivity contribution in [1.82, 2.24) is 4.90 Å². The molecule has 0 aliphatic heterocycles. The molecule has 3 rings (SSSR count). The Labute approximate surface area is 138 Å². The van der Waals surface area contributed by atoms with Gasteiger partial charge in [0.1, 0.15) is 11.5 Å². The first-order valence-corrected chi connectivity index (χ1v) is 8.12. The van der Waals surface area contributed by atoms with Crippen LogP contribution < -0.4 is 4.74 Å². The number of hydrogen-bond donors (Lipinski definition) is 0. The lowest BCUT2D eigenvalue weighted by Crippen LogP contribution is -2.13. The van der Waals surface area contributed by atoms with Crippen LogP contribution in [0.2, 0.25) is 0 Å². The molecule has 0 saturated carbocycles. The zero-order valence-corrected chi connectivity index (χ0v) is 13.8. The molecule has 3 aromatic carbocycles. The average molecular weight is 305 g/mol. The van der Waals surface area contributed by atoms with E-state index in [1.165, 1.54) is 10.9 Å². The van der Waals surface area contributed by atoms with Gasteiger partial charge in [0.05, 0.1) is 0 Å². The molecule has 0 fully saturated rings. The summed E-state index contributed by atoms with van der Waals surface area (Å²) in [5, 5.41) is 2.35. The predicted octanol–water partition coefficient (Wildman–Crippen LogP) is 5.13. The van der Waals surface area contributed by atoms with E-state index in [1.807, 2.05) is 24.3 Å². The van der Waals surface area contributed by atoms with Gasteiger partial charge >= 0.3 is 0 Å². The molecule has 23 heavy (non-hydrogen) atoms. The average Bonchev–Trinajstić information content (AvgIpc) is 2.55. The predicted molar refractivity (Wildman–Crippen MR) is 97.3 cm³/mol. The van der Waals surface area contributed by atoms with Gasteiger partial charge in [-0.05, 0) is 62.6 Å². The molecule has 0 saturated heterocycles. The highest BCUT2D eigenvalue weighted by Gasteiger charge is 2.04. The molecular formula is C21H23NO. The molecule has 0 heterocycles. The van der Waals surface area contributed by atoms with Crippen LogP contribution in [0.25, 0.3) is 10.8 Å². The molecule has 0 bridgehead atoms. The monoisotopic (exact) mass is 305 g/mol. The van der Waals surface area contributed by atoms with Gasteiger partial charge in [-0.3, -0.25) is 0 Å². The van der Waals surface area contributed by atoms with Gasteiger partial charge in [-0.25, -0.2) is 0 Å². The van der Waals surface area contributed by atoms with Gasteiger partial charge in [0.2, 0.25) is 0 Å². The minimum atomic E-state index is 0.906. The summed E-state index contributed by atoms with van der Waals surface area (Å²) in [5.74, 6) is 1.82. The van der Waals surface area contributed by atoms with E-state index in [1.54, 1.807) is 0 Å². The van der Waals surface area contributed by atoms with Crippen molar-refractivity contribution in [3.63, 3.8) is 0 Å². The minimum absolute atomic E-state index is 0.906. The summed E-state index contributed by atoms with van der Waals surface area (Å²) >= 11 is 0. The largest absolute Gasteiger partial charge is 0.457 e. The van der Waals surface area contributed by atoms with Crippen molar-refractivity contribution >= 4 is 10.8 Å². The van der Waals surface area contributed by atoms with Crippen molar-refractivity contribution in [2.45, 2.75) is 12.8 Å². The van der Waals surface area contributed by atoms with Crippen LogP contribution in [0.5, 0.6) is 11.5 Å². The van der Waals surface area contributed by atoms with E-state index in [0.29, 0.717) is 0 Å². The van der Waals surface area contributed by atoms with Crippen LogP contribution in [0.15, 0.2) is 66.7 Å². The highest BCUT2D eigenvalue weighted by atomic mass is 16.5.